The van der Waals surface area contributed by atoms with Gasteiger partial charge in [0, 0.05) is 12.5 Å². The number of aromatic nitrogens is 2. The highest BCUT2D eigenvalue weighted by Gasteiger charge is 2.33. The summed E-state index contributed by atoms with van der Waals surface area (Å²) in [5.74, 6) is 0.133. The first-order chi connectivity index (χ1) is 9.19. The van der Waals surface area contributed by atoms with Crippen LogP contribution in [0.25, 0.3) is 11.0 Å². The summed E-state index contributed by atoms with van der Waals surface area (Å²) in [4.78, 5) is 16.6. The fourth-order valence-electron chi connectivity index (χ4n) is 2.93. The molecule has 5 heteroatoms. The highest BCUT2D eigenvalue weighted by Crippen LogP contribution is 2.35. The SMILES string of the molecule is CCC1OCCC1C(O)c1ccc2[nH]c(=O)[nH]c2c1. The molecule has 19 heavy (non-hydrogen) atoms. The fraction of sp³-hybridized carbons (Fsp3) is 0.500. The summed E-state index contributed by atoms with van der Waals surface area (Å²) in [6.45, 7) is 2.78. The van der Waals surface area contributed by atoms with Crippen molar-refractivity contribution in [3.8, 4) is 0 Å². The molecule has 0 bridgehead atoms. The van der Waals surface area contributed by atoms with E-state index in [1.54, 1.807) is 0 Å². The Hall–Kier alpha value is -1.59. The van der Waals surface area contributed by atoms with Gasteiger partial charge in [-0.05, 0) is 30.5 Å². The summed E-state index contributed by atoms with van der Waals surface area (Å²) in [5.41, 5.74) is 2.10. The quantitative estimate of drug-likeness (QED) is 0.788. The Morgan fingerprint density at radius 1 is 1.42 bits per heavy atom. The van der Waals surface area contributed by atoms with Crippen molar-refractivity contribution in [2.45, 2.75) is 32.0 Å². The minimum absolute atomic E-state index is 0.121. The van der Waals surface area contributed by atoms with E-state index in [-0.39, 0.29) is 17.7 Å². The van der Waals surface area contributed by atoms with E-state index in [9.17, 15) is 9.90 Å². The van der Waals surface area contributed by atoms with Crippen LogP contribution in [-0.4, -0.2) is 27.8 Å². The number of hydrogen-bond acceptors (Lipinski definition) is 3. The van der Waals surface area contributed by atoms with Crippen LogP contribution < -0.4 is 5.69 Å². The average Bonchev–Trinajstić information content (AvgIpc) is 3.01. The van der Waals surface area contributed by atoms with Crippen LogP contribution in [0.1, 0.15) is 31.4 Å². The topological polar surface area (TPSA) is 78.1 Å². The lowest BCUT2D eigenvalue weighted by Crippen LogP contribution is -2.22. The fourth-order valence-corrected chi connectivity index (χ4v) is 2.93. The van der Waals surface area contributed by atoms with E-state index in [0.29, 0.717) is 6.61 Å². The minimum atomic E-state index is -0.546. The third-order valence-electron chi connectivity index (χ3n) is 3.95. The molecular formula is C14H18N2O3. The highest BCUT2D eigenvalue weighted by atomic mass is 16.5. The zero-order valence-electron chi connectivity index (χ0n) is 10.8. The zero-order valence-corrected chi connectivity index (χ0v) is 10.8. The molecule has 1 aromatic heterocycles. The van der Waals surface area contributed by atoms with Gasteiger partial charge in [0.15, 0.2) is 0 Å². The number of hydrogen-bond donors (Lipinski definition) is 3. The molecule has 3 N–H and O–H groups in total. The van der Waals surface area contributed by atoms with E-state index < -0.39 is 6.10 Å². The molecule has 5 nitrogen and oxygen atoms in total. The Labute approximate surface area is 110 Å². The van der Waals surface area contributed by atoms with Gasteiger partial charge in [-0.25, -0.2) is 4.79 Å². The molecule has 1 saturated heterocycles. The Kier molecular flexibility index (Phi) is 3.16. The number of ether oxygens (including phenoxy) is 1. The summed E-state index contributed by atoms with van der Waals surface area (Å²) in [7, 11) is 0. The average molecular weight is 262 g/mol. The molecule has 2 aromatic rings. The zero-order chi connectivity index (χ0) is 13.4. The van der Waals surface area contributed by atoms with Crippen molar-refractivity contribution in [3.05, 3.63) is 34.2 Å². The van der Waals surface area contributed by atoms with Crippen molar-refractivity contribution < 1.29 is 9.84 Å². The predicted molar refractivity (Wildman–Crippen MR) is 72.0 cm³/mol. The molecule has 1 aliphatic heterocycles. The summed E-state index contributed by atoms with van der Waals surface area (Å²) < 4.78 is 5.62. The van der Waals surface area contributed by atoms with Crippen LogP contribution in [-0.2, 0) is 4.74 Å². The Morgan fingerprint density at radius 3 is 3.00 bits per heavy atom. The van der Waals surface area contributed by atoms with Crippen molar-refractivity contribution in [1.82, 2.24) is 9.97 Å². The third-order valence-corrected chi connectivity index (χ3v) is 3.95. The lowest BCUT2D eigenvalue weighted by molar-refractivity contribution is 0.0308. The van der Waals surface area contributed by atoms with Gasteiger partial charge in [0.05, 0.1) is 23.2 Å². The lowest BCUT2D eigenvalue weighted by Gasteiger charge is -2.23. The van der Waals surface area contributed by atoms with E-state index >= 15 is 0 Å². The van der Waals surface area contributed by atoms with E-state index in [4.69, 9.17) is 4.74 Å². The molecule has 0 amide bonds. The Bertz CT molecular complexity index is 631. The summed E-state index contributed by atoms with van der Waals surface area (Å²) in [6, 6.07) is 5.52. The highest BCUT2D eigenvalue weighted by molar-refractivity contribution is 5.75. The molecule has 1 aromatic carbocycles. The summed E-state index contributed by atoms with van der Waals surface area (Å²) in [6.07, 6.45) is 1.36. The number of benzene rings is 1. The van der Waals surface area contributed by atoms with Gasteiger partial charge in [0.1, 0.15) is 0 Å². The third kappa shape index (κ3) is 2.19. The van der Waals surface area contributed by atoms with E-state index in [1.165, 1.54) is 0 Å². The van der Waals surface area contributed by atoms with Crippen LogP contribution in [0.3, 0.4) is 0 Å². The first-order valence-corrected chi connectivity index (χ1v) is 6.70. The lowest BCUT2D eigenvalue weighted by atomic mass is 9.89. The molecule has 0 spiro atoms. The monoisotopic (exact) mass is 262 g/mol. The molecule has 3 atom stereocenters. The maximum absolute atomic E-state index is 11.2. The normalized spacial score (nSPS) is 24.9. The molecule has 0 radical (unpaired) electrons. The second-order valence-electron chi connectivity index (χ2n) is 5.10. The number of aliphatic hydroxyl groups is 1. The Morgan fingerprint density at radius 2 is 2.21 bits per heavy atom. The van der Waals surface area contributed by atoms with Crippen LogP contribution in [0.4, 0.5) is 0 Å². The first-order valence-electron chi connectivity index (χ1n) is 6.70. The molecule has 102 valence electrons. The van der Waals surface area contributed by atoms with E-state index in [1.807, 2.05) is 18.2 Å². The predicted octanol–water partition coefficient (Wildman–Crippen LogP) is 1.70. The van der Waals surface area contributed by atoms with Crippen molar-refractivity contribution in [2.24, 2.45) is 5.92 Å². The van der Waals surface area contributed by atoms with Crippen LogP contribution in [0, 0.1) is 5.92 Å². The molecule has 1 fully saturated rings. The van der Waals surface area contributed by atoms with Crippen molar-refractivity contribution in [2.75, 3.05) is 6.61 Å². The molecule has 3 unspecified atom stereocenters. The van der Waals surface area contributed by atoms with Crippen LogP contribution in [0.5, 0.6) is 0 Å². The van der Waals surface area contributed by atoms with Crippen molar-refractivity contribution in [3.63, 3.8) is 0 Å². The number of nitrogens with one attached hydrogen (secondary N) is 2. The number of H-pyrrole nitrogens is 2. The second kappa shape index (κ2) is 4.83. The van der Waals surface area contributed by atoms with Gasteiger partial charge in [-0.2, -0.15) is 0 Å². The largest absolute Gasteiger partial charge is 0.388 e. The molecule has 1 aliphatic rings. The van der Waals surface area contributed by atoms with Gasteiger partial charge < -0.3 is 19.8 Å². The van der Waals surface area contributed by atoms with Gasteiger partial charge in [-0.1, -0.05) is 13.0 Å². The van der Waals surface area contributed by atoms with Crippen LogP contribution in [0.15, 0.2) is 23.0 Å². The Balaban J connectivity index is 1.92. The number of rotatable bonds is 3. The van der Waals surface area contributed by atoms with Gasteiger partial charge >= 0.3 is 5.69 Å². The van der Waals surface area contributed by atoms with Crippen LogP contribution in [0.2, 0.25) is 0 Å². The number of imidazole rings is 1. The van der Waals surface area contributed by atoms with E-state index in [0.717, 1.165) is 29.4 Å². The minimum Gasteiger partial charge on any atom is -0.388 e. The van der Waals surface area contributed by atoms with Gasteiger partial charge in [0.2, 0.25) is 0 Å². The summed E-state index contributed by atoms with van der Waals surface area (Å²) >= 11 is 0. The van der Waals surface area contributed by atoms with Gasteiger partial charge in [-0.15, -0.1) is 0 Å². The maximum atomic E-state index is 11.2. The number of fused-ring (bicyclic) bond motifs is 1. The standard InChI is InChI=1S/C14H18N2O3/c1-2-12-9(5-6-19-12)13(17)8-3-4-10-11(7-8)16-14(18)15-10/h3-4,7,9,12-13,17H,2,5-6H2,1H3,(H2,15,16,18). The number of aromatic amines is 2. The molecule has 2 heterocycles. The second-order valence-corrected chi connectivity index (χ2v) is 5.10. The smallest absolute Gasteiger partial charge is 0.323 e. The van der Waals surface area contributed by atoms with Gasteiger partial charge in [0.25, 0.3) is 0 Å². The van der Waals surface area contributed by atoms with Crippen molar-refractivity contribution in [1.29, 1.82) is 0 Å². The summed E-state index contributed by atoms with van der Waals surface area (Å²) in [5, 5.41) is 10.5. The van der Waals surface area contributed by atoms with E-state index in [2.05, 4.69) is 16.9 Å². The van der Waals surface area contributed by atoms with Crippen LogP contribution >= 0.6 is 0 Å². The number of aliphatic hydroxyl groups excluding tert-OH is 1. The molecule has 0 saturated carbocycles. The molecular weight excluding hydrogens is 244 g/mol. The first kappa shape index (κ1) is 12.4. The maximum Gasteiger partial charge on any atom is 0.323 e. The van der Waals surface area contributed by atoms with Gasteiger partial charge in [-0.3, -0.25) is 0 Å². The molecule has 0 aliphatic carbocycles. The molecule has 3 rings (SSSR count). The van der Waals surface area contributed by atoms with Crippen molar-refractivity contribution >= 4 is 11.0 Å².